The standard InChI is InChI=1S/C17H24N2O3S/c1-12-9-13(2)11-19(10-12)23(21,22)16-7-5-15(6-8-16)18-17(20)14-3-4-14/h5-8,12-14H,3-4,9-11H2,1-2H3,(H,18,20)/t12-,13+. The maximum atomic E-state index is 12.8. The van der Waals surface area contributed by atoms with Crippen molar-refractivity contribution in [1.82, 2.24) is 4.31 Å². The average Bonchev–Trinajstić information content (AvgIpc) is 3.31. The molecule has 6 heteroatoms. The van der Waals surface area contributed by atoms with E-state index in [9.17, 15) is 13.2 Å². The molecule has 0 aromatic heterocycles. The molecule has 1 aliphatic heterocycles. The Morgan fingerprint density at radius 3 is 2.17 bits per heavy atom. The number of amides is 1. The van der Waals surface area contributed by atoms with E-state index in [-0.39, 0.29) is 11.8 Å². The molecule has 0 spiro atoms. The quantitative estimate of drug-likeness (QED) is 0.919. The van der Waals surface area contributed by atoms with Gasteiger partial charge in [-0.15, -0.1) is 0 Å². The SMILES string of the molecule is C[C@@H]1C[C@H](C)CN(S(=O)(=O)c2ccc(NC(=O)C3CC3)cc2)C1. The number of carbonyl (C=O) groups excluding carboxylic acids is 1. The Morgan fingerprint density at radius 1 is 1.09 bits per heavy atom. The number of nitrogens with one attached hydrogen (secondary N) is 1. The summed E-state index contributed by atoms with van der Waals surface area (Å²) in [5, 5.41) is 2.83. The van der Waals surface area contributed by atoms with E-state index in [1.807, 2.05) is 0 Å². The van der Waals surface area contributed by atoms with Crippen LogP contribution in [0.1, 0.15) is 33.1 Å². The summed E-state index contributed by atoms with van der Waals surface area (Å²) < 4.78 is 27.1. The summed E-state index contributed by atoms with van der Waals surface area (Å²) in [7, 11) is -3.46. The number of sulfonamides is 1. The first-order chi connectivity index (χ1) is 10.9. The Balaban J connectivity index is 1.73. The molecule has 1 aromatic carbocycles. The van der Waals surface area contributed by atoms with Crippen molar-refractivity contribution in [3.8, 4) is 0 Å². The van der Waals surface area contributed by atoms with Crippen LogP contribution in [-0.4, -0.2) is 31.7 Å². The fourth-order valence-corrected chi connectivity index (χ4v) is 4.93. The molecule has 1 N–H and O–H groups in total. The van der Waals surface area contributed by atoms with Gasteiger partial charge < -0.3 is 5.32 Å². The third-order valence-corrected chi connectivity index (χ3v) is 6.39. The van der Waals surface area contributed by atoms with Gasteiger partial charge in [-0.3, -0.25) is 4.79 Å². The van der Waals surface area contributed by atoms with Gasteiger partial charge >= 0.3 is 0 Å². The maximum Gasteiger partial charge on any atom is 0.243 e. The van der Waals surface area contributed by atoms with Crippen molar-refractivity contribution < 1.29 is 13.2 Å². The number of nitrogens with zero attached hydrogens (tertiary/aromatic N) is 1. The van der Waals surface area contributed by atoms with Crippen LogP contribution in [0.2, 0.25) is 0 Å². The van der Waals surface area contributed by atoms with Crippen LogP contribution in [0.4, 0.5) is 5.69 Å². The molecule has 1 aliphatic carbocycles. The molecular formula is C17H24N2O3S. The fourth-order valence-electron chi connectivity index (χ4n) is 3.25. The molecule has 2 aliphatic rings. The lowest BCUT2D eigenvalue weighted by Crippen LogP contribution is -2.42. The number of piperidine rings is 1. The van der Waals surface area contributed by atoms with Crippen molar-refractivity contribution in [3.63, 3.8) is 0 Å². The highest BCUT2D eigenvalue weighted by atomic mass is 32.2. The van der Waals surface area contributed by atoms with E-state index in [0.29, 0.717) is 35.5 Å². The molecule has 3 rings (SSSR count). The topological polar surface area (TPSA) is 66.5 Å². The molecule has 2 fully saturated rings. The highest BCUT2D eigenvalue weighted by Crippen LogP contribution is 2.31. The number of hydrogen-bond acceptors (Lipinski definition) is 3. The van der Waals surface area contributed by atoms with E-state index < -0.39 is 10.0 Å². The second-order valence-electron chi connectivity index (χ2n) is 7.06. The highest BCUT2D eigenvalue weighted by Gasteiger charge is 2.32. The third kappa shape index (κ3) is 3.75. The molecule has 1 saturated carbocycles. The van der Waals surface area contributed by atoms with Crippen molar-refractivity contribution in [2.24, 2.45) is 17.8 Å². The lowest BCUT2D eigenvalue weighted by Gasteiger charge is -2.34. The zero-order valence-corrected chi connectivity index (χ0v) is 14.5. The number of hydrogen-bond donors (Lipinski definition) is 1. The van der Waals surface area contributed by atoms with Gasteiger partial charge in [0.1, 0.15) is 0 Å². The largest absolute Gasteiger partial charge is 0.326 e. The van der Waals surface area contributed by atoms with Gasteiger partial charge in [0.2, 0.25) is 15.9 Å². The van der Waals surface area contributed by atoms with Crippen LogP contribution in [0.3, 0.4) is 0 Å². The molecule has 23 heavy (non-hydrogen) atoms. The third-order valence-electron chi connectivity index (χ3n) is 4.54. The first-order valence-electron chi connectivity index (χ1n) is 8.27. The second kappa shape index (κ2) is 6.24. The lowest BCUT2D eigenvalue weighted by molar-refractivity contribution is -0.117. The van der Waals surface area contributed by atoms with Gasteiger partial charge in [-0.25, -0.2) is 8.42 Å². The van der Waals surface area contributed by atoms with E-state index in [2.05, 4.69) is 19.2 Å². The molecule has 0 unspecified atom stereocenters. The molecule has 1 saturated heterocycles. The zero-order valence-electron chi connectivity index (χ0n) is 13.7. The van der Waals surface area contributed by atoms with Crippen LogP contribution in [0.25, 0.3) is 0 Å². The molecule has 126 valence electrons. The summed E-state index contributed by atoms with van der Waals surface area (Å²) in [6.07, 6.45) is 2.96. The van der Waals surface area contributed by atoms with E-state index >= 15 is 0 Å². The van der Waals surface area contributed by atoms with Gasteiger partial charge in [0.15, 0.2) is 0 Å². The Labute approximate surface area is 138 Å². The molecule has 2 atom stereocenters. The molecule has 1 aromatic rings. The summed E-state index contributed by atoms with van der Waals surface area (Å²) >= 11 is 0. The number of benzene rings is 1. The molecular weight excluding hydrogens is 312 g/mol. The van der Waals surface area contributed by atoms with Crippen LogP contribution in [0, 0.1) is 17.8 Å². The average molecular weight is 336 g/mol. The van der Waals surface area contributed by atoms with Crippen LogP contribution in [0.5, 0.6) is 0 Å². The first-order valence-corrected chi connectivity index (χ1v) is 9.71. The van der Waals surface area contributed by atoms with Crippen LogP contribution >= 0.6 is 0 Å². The lowest BCUT2D eigenvalue weighted by atomic mass is 9.94. The first kappa shape index (κ1) is 16.5. The Bertz CT molecular complexity index is 670. The number of rotatable bonds is 4. The van der Waals surface area contributed by atoms with Crippen molar-refractivity contribution in [2.75, 3.05) is 18.4 Å². The molecule has 1 amide bonds. The highest BCUT2D eigenvalue weighted by molar-refractivity contribution is 7.89. The Hall–Kier alpha value is -1.40. The molecule has 1 heterocycles. The molecule has 0 radical (unpaired) electrons. The summed E-state index contributed by atoms with van der Waals surface area (Å²) in [5.74, 6) is 0.922. The van der Waals surface area contributed by atoms with Crippen molar-refractivity contribution in [3.05, 3.63) is 24.3 Å². The molecule has 0 bridgehead atoms. The van der Waals surface area contributed by atoms with E-state index in [4.69, 9.17) is 0 Å². The van der Waals surface area contributed by atoms with Gasteiger partial charge in [-0.1, -0.05) is 13.8 Å². The predicted octanol–water partition coefficient (Wildman–Crippen LogP) is 2.70. The van der Waals surface area contributed by atoms with E-state index in [0.717, 1.165) is 19.3 Å². The maximum absolute atomic E-state index is 12.8. The number of anilines is 1. The smallest absolute Gasteiger partial charge is 0.243 e. The van der Waals surface area contributed by atoms with Crippen LogP contribution in [-0.2, 0) is 14.8 Å². The van der Waals surface area contributed by atoms with Crippen LogP contribution < -0.4 is 5.32 Å². The summed E-state index contributed by atoms with van der Waals surface area (Å²) in [6, 6.07) is 6.51. The number of carbonyl (C=O) groups is 1. The minimum Gasteiger partial charge on any atom is -0.326 e. The molecule has 5 nitrogen and oxygen atoms in total. The normalized spacial score (nSPS) is 26.0. The zero-order chi connectivity index (χ0) is 16.6. The van der Waals surface area contributed by atoms with Gasteiger partial charge in [-0.05, 0) is 55.4 Å². The summed E-state index contributed by atoms with van der Waals surface area (Å²) in [6.45, 7) is 5.34. The van der Waals surface area contributed by atoms with Gasteiger partial charge in [-0.2, -0.15) is 4.31 Å². The van der Waals surface area contributed by atoms with Gasteiger partial charge in [0.25, 0.3) is 0 Å². The van der Waals surface area contributed by atoms with Crippen molar-refractivity contribution in [1.29, 1.82) is 0 Å². The van der Waals surface area contributed by atoms with Crippen LogP contribution in [0.15, 0.2) is 29.2 Å². The predicted molar refractivity (Wildman–Crippen MR) is 89.5 cm³/mol. The summed E-state index contributed by atoms with van der Waals surface area (Å²) in [4.78, 5) is 12.0. The van der Waals surface area contributed by atoms with Gasteiger partial charge in [0.05, 0.1) is 4.90 Å². The van der Waals surface area contributed by atoms with E-state index in [1.54, 1.807) is 28.6 Å². The van der Waals surface area contributed by atoms with Crippen molar-refractivity contribution in [2.45, 2.75) is 38.0 Å². The van der Waals surface area contributed by atoms with E-state index in [1.165, 1.54) is 0 Å². The summed E-state index contributed by atoms with van der Waals surface area (Å²) in [5.41, 5.74) is 0.654. The Kier molecular flexibility index (Phi) is 4.47. The van der Waals surface area contributed by atoms with Crippen molar-refractivity contribution >= 4 is 21.6 Å². The second-order valence-corrected chi connectivity index (χ2v) is 8.99. The monoisotopic (exact) mass is 336 g/mol. The minimum absolute atomic E-state index is 0.0271. The van der Waals surface area contributed by atoms with Gasteiger partial charge in [0, 0.05) is 24.7 Å². The minimum atomic E-state index is -3.46. The Morgan fingerprint density at radius 2 is 1.65 bits per heavy atom. The fraction of sp³-hybridized carbons (Fsp3) is 0.588.